The fourth-order valence-corrected chi connectivity index (χ4v) is 1.58. The summed E-state index contributed by atoms with van der Waals surface area (Å²) in [6.45, 7) is 3.58. The molecule has 0 N–H and O–H groups in total. The van der Waals surface area contributed by atoms with Crippen LogP contribution in [0.15, 0.2) is 30.2 Å². The Balaban J connectivity index is 2.64. The molecule has 0 aliphatic rings. The van der Waals surface area contributed by atoms with E-state index in [-0.39, 0.29) is 0 Å². The molecule has 0 radical (unpaired) electrons. The van der Waals surface area contributed by atoms with Gasteiger partial charge in [-0.15, -0.1) is 11.3 Å². The summed E-state index contributed by atoms with van der Waals surface area (Å²) < 4.78 is 9.30. The third-order valence-corrected chi connectivity index (χ3v) is 2.36. The molecule has 13 heavy (non-hydrogen) atoms. The molecule has 4 heteroatoms. The maximum absolute atomic E-state index is 10.8. The fourth-order valence-electron chi connectivity index (χ4n) is 0.827. The highest BCUT2D eigenvalue weighted by molar-refractivity contribution is 7.10. The van der Waals surface area contributed by atoms with Crippen LogP contribution in [0.2, 0.25) is 0 Å². The number of ether oxygens (including phenoxy) is 2. The third-order valence-electron chi connectivity index (χ3n) is 1.43. The molecule has 0 saturated heterocycles. The number of carbonyl (C=O) groups is 1. The third kappa shape index (κ3) is 2.59. The van der Waals surface area contributed by atoms with Gasteiger partial charge in [0.2, 0.25) is 0 Å². The number of carbonyl (C=O) groups excluding carboxylic acids is 1. The number of hydrogen-bond donors (Lipinski definition) is 0. The zero-order chi connectivity index (χ0) is 9.68. The van der Waals surface area contributed by atoms with Crippen LogP contribution in [0.5, 0.6) is 0 Å². The van der Waals surface area contributed by atoms with Crippen LogP contribution in [0.3, 0.4) is 0 Å². The SMILES string of the molecule is C=CC(OC(=O)OC)c1cccs1. The predicted octanol–water partition coefficient (Wildman–Crippen LogP) is 2.76. The smallest absolute Gasteiger partial charge is 0.438 e. The Bertz CT molecular complexity index is 279. The molecule has 1 unspecified atom stereocenters. The van der Waals surface area contributed by atoms with E-state index in [9.17, 15) is 4.79 Å². The van der Waals surface area contributed by atoms with Crippen molar-refractivity contribution in [3.63, 3.8) is 0 Å². The molecule has 0 fully saturated rings. The molecule has 0 bridgehead atoms. The van der Waals surface area contributed by atoms with E-state index < -0.39 is 12.3 Å². The van der Waals surface area contributed by atoms with Crippen LogP contribution in [-0.2, 0) is 9.47 Å². The van der Waals surface area contributed by atoms with Gasteiger partial charge in [0.1, 0.15) is 0 Å². The highest BCUT2D eigenvalue weighted by Crippen LogP contribution is 2.23. The van der Waals surface area contributed by atoms with Gasteiger partial charge in [-0.25, -0.2) is 4.79 Å². The minimum atomic E-state index is -0.696. The lowest BCUT2D eigenvalue weighted by atomic mass is 10.3. The van der Waals surface area contributed by atoms with Crippen molar-refractivity contribution in [3.8, 4) is 0 Å². The van der Waals surface area contributed by atoms with Crippen molar-refractivity contribution < 1.29 is 14.3 Å². The molecule has 3 nitrogen and oxygen atoms in total. The minimum Gasteiger partial charge on any atom is -0.438 e. The van der Waals surface area contributed by atoms with Crippen LogP contribution in [-0.4, -0.2) is 13.3 Å². The van der Waals surface area contributed by atoms with Gasteiger partial charge in [0, 0.05) is 4.88 Å². The second-order valence-corrected chi connectivity index (χ2v) is 3.22. The second kappa shape index (κ2) is 4.67. The lowest BCUT2D eigenvalue weighted by Gasteiger charge is -2.10. The number of hydrogen-bond acceptors (Lipinski definition) is 4. The maximum atomic E-state index is 10.8. The molecule has 1 atom stereocenters. The number of rotatable bonds is 3. The molecule has 0 amide bonds. The topological polar surface area (TPSA) is 35.5 Å². The van der Waals surface area contributed by atoms with Crippen LogP contribution in [0.4, 0.5) is 4.79 Å². The van der Waals surface area contributed by atoms with Gasteiger partial charge in [0.05, 0.1) is 7.11 Å². The van der Waals surface area contributed by atoms with Crippen LogP contribution < -0.4 is 0 Å². The summed E-state index contributed by atoms with van der Waals surface area (Å²) in [5, 5.41) is 1.91. The summed E-state index contributed by atoms with van der Waals surface area (Å²) in [5.74, 6) is 0. The first-order valence-electron chi connectivity index (χ1n) is 3.68. The first kappa shape index (κ1) is 9.80. The van der Waals surface area contributed by atoms with Crippen molar-refractivity contribution in [2.45, 2.75) is 6.10 Å². The zero-order valence-electron chi connectivity index (χ0n) is 7.23. The van der Waals surface area contributed by atoms with E-state index in [1.807, 2.05) is 17.5 Å². The normalized spacial score (nSPS) is 11.8. The van der Waals surface area contributed by atoms with Crippen LogP contribution in [0.25, 0.3) is 0 Å². The minimum absolute atomic E-state index is 0.410. The van der Waals surface area contributed by atoms with Crippen molar-refractivity contribution >= 4 is 17.5 Å². The fraction of sp³-hybridized carbons (Fsp3) is 0.222. The molecule has 0 saturated carbocycles. The van der Waals surface area contributed by atoms with Gasteiger partial charge < -0.3 is 9.47 Å². The van der Waals surface area contributed by atoms with Crippen molar-refractivity contribution in [1.82, 2.24) is 0 Å². The molecule has 1 rings (SSSR count). The number of thiophene rings is 1. The summed E-state index contributed by atoms with van der Waals surface area (Å²) in [6.07, 6.45) is 0.452. The van der Waals surface area contributed by atoms with Gasteiger partial charge in [0.15, 0.2) is 6.10 Å². The van der Waals surface area contributed by atoms with Crippen LogP contribution >= 0.6 is 11.3 Å². The van der Waals surface area contributed by atoms with Gasteiger partial charge in [-0.2, -0.15) is 0 Å². The molecule has 70 valence electrons. The zero-order valence-corrected chi connectivity index (χ0v) is 8.04. The monoisotopic (exact) mass is 198 g/mol. The van der Waals surface area contributed by atoms with E-state index in [1.54, 1.807) is 6.08 Å². The van der Waals surface area contributed by atoms with Gasteiger partial charge in [0.25, 0.3) is 0 Å². The Kier molecular flexibility index (Phi) is 3.52. The second-order valence-electron chi connectivity index (χ2n) is 2.24. The molecule has 0 aliphatic carbocycles. The average molecular weight is 198 g/mol. The summed E-state index contributed by atoms with van der Waals surface area (Å²) in [4.78, 5) is 11.7. The first-order valence-corrected chi connectivity index (χ1v) is 4.56. The van der Waals surface area contributed by atoms with Gasteiger partial charge in [-0.1, -0.05) is 12.6 Å². The van der Waals surface area contributed by atoms with Crippen molar-refractivity contribution in [2.75, 3.05) is 7.11 Å². The lowest BCUT2D eigenvalue weighted by Crippen LogP contribution is -2.08. The van der Waals surface area contributed by atoms with Crippen molar-refractivity contribution in [3.05, 3.63) is 35.0 Å². The summed E-state index contributed by atoms with van der Waals surface area (Å²) in [5.41, 5.74) is 0. The Morgan fingerprint density at radius 1 is 1.77 bits per heavy atom. The number of methoxy groups -OCH3 is 1. The Labute approximate surface area is 80.6 Å². The Morgan fingerprint density at radius 2 is 2.54 bits per heavy atom. The lowest BCUT2D eigenvalue weighted by molar-refractivity contribution is 0.0533. The summed E-state index contributed by atoms with van der Waals surface area (Å²) >= 11 is 1.50. The van der Waals surface area contributed by atoms with Crippen LogP contribution in [0.1, 0.15) is 11.0 Å². The average Bonchev–Trinajstić information content (AvgIpc) is 2.66. The first-order chi connectivity index (χ1) is 6.27. The van der Waals surface area contributed by atoms with Gasteiger partial charge in [-0.3, -0.25) is 0 Å². The van der Waals surface area contributed by atoms with Gasteiger partial charge in [-0.05, 0) is 17.5 Å². The summed E-state index contributed by atoms with van der Waals surface area (Å²) in [6, 6.07) is 3.76. The van der Waals surface area contributed by atoms with Crippen LogP contribution in [0, 0.1) is 0 Å². The van der Waals surface area contributed by atoms with E-state index in [0.29, 0.717) is 0 Å². The highest BCUT2D eigenvalue weighted by atomic mass is 32.1. The van der Waals surface area contributed by atoms with E-state index >= 15 is 0 Å². The van der Waals surface area contributed by atoms with Gasteiger partial charge >= 0.3 is 6.16 Å². The molecule has 0 aliphatic heterocycles. The maximum Gasteiger partial charge on any atom is 0.508 e. The Morgan fingerprint density at radius 3 is 3.00 bits per heavy atom. The van der Waals surface area contributed by atoms with E-state index in [2.05, 4.69) is 11.3 Å². The van der Waals surface area contributed by atoms with E-state index in [1.165, 1.54) is 18.4 Å². The molecule has 0 aromatic carbocycles. The van der Waals surface area contributed by atoms with E-state index in [0.717, 1.165) is 4.88 Å². The highest BCUT2D eigenvalue weighted by Gasteiger charge is 2.13. The van der Waals surface area contributed by atoms with Crippen molar-refractivity contribution in [1.29, 1.82) is 0 Å². The molecular weight excluding hydrogens is 188 g/mol. The molecular formula is C9H10O3S. The van der Waals surface area contributed by atoms with E-state index in [4.69, 9.17) is 4.74 Å². The standard InChI is InChI=1S/C9H10O3S/c1-3-7(12-9(10)11-2)8-5-4-6-13-8/h3-7H,1H2,2H3. The Hall–Kier alpha value is -1.29. The predicted molar refractivity (Wildman–Crippen MR) is 50.7 cm³/mol. The largest absolute Gasteiger partial charge is 0.508 e. The van der Waals surface area contributed by atoms with Crippen molar-refractivity contribution in [2.24, 2.45) is 0 Å². The molecule has 1 aromatic heterocycles. The quantitative estimate of drug-likeness (QED) is 0.553. The summed E-state index contributed by atoms with van der Waals surface area (Å²) in [7, 11) is 1.27. The molecule has 0 spiro atoms. The molecule has 1 aromatic rings. The molecule has 1 heterocycles.